The Kier molecular flexibility index (Phi) is 6.02. The molecule has 1 saturated heterocycles. The molecule has 1 N–H and O–H groups in total. The Morgan fingerprint density at radius 1 is 1.39 bits per heavy atom. The van der Waals surface area contributed by atoms with Crippen molar-refractivity contribution in [3.63, 3.8) is 0 Å². The maximum Gasteiger partial charge on any atom is 0.227 e. The molecule has 0 spiro atoms. The number of methoxy groups -OCH3 is 1. The molecule has 1 fully saturated rings. The van der Waals surface area contributed by atoms with E-state index in [0.717, 1.165) is 18.4 Å². The molecule has 1 atom stereocenters. The summed E-state index contributed by atoms with van der Waals surface area (Å²) in [4.78, 5) is 26.5. The summed E-state index contributed by atoms with van der Waals surface area (Å²) in [6.07, 6.45) is 2.13. The average molecular weight is 339 g/mol. The summed E-state index contributed by atoms with van der Waals surface area (Å²) in [6, 6.07) is 7.34. The molecule has 2 rings (SSSR count). The van der Waals surface area contributed by atoms with E-state index in [9.17, 15) is 9.59 Å². The number of hydrogen-bond donors (Lipinski definition) is 1. The van der Waals surface area contributed by atoms with E-state index in [1.54, 1.807) is 25.1 Å². The van der Waals surface area contributed by atoms with Crippen LogP contribution in [0.2, 0.25) is 5.02 Å². The van der Waals surface area contributed by atoms with Gasteiger partial charge in [-0.25, -0.2) is 0 Å². The van der Waals surface area contributed by atoms with Crippen LogP contribution in [0.4, 0.5) is 0 Å². The normalized spacial score (nSPS) is 20.6. The van der Waals surface area contributed by atoms with Gasteiger partial charge in [0.15, 0.2) is 0 Å². The molecule has 0 saturated carbocycles. The number of rotatable bonds is 6. The Morgan fingerprint density at radius 2 is 2.13 bits per heavy atom. The topological polar surface area (TPSA) is 58.6 Å². The molecule has 1 unspecified atom stereocenters. The fourth-order valence-electron chi connectivity index (χ4n) is 3.27. The number of amides is 2. The van der Waals surface area contributed by atoms with E-state index in [1.807, 2.05) is 18.2 Å². The van der Waals surface area contributed by atoms with Gasteiger partial charge in [0.25, 0.3) is 0 Å². The number of nitrogens with one attached hydrogen (secondary N) is 1. The molecule has 0 aromatic heterocycles. The van der Waals surface area contributed by atoms with Gasteiger partial charge in [-0.05, 0) is 24.5 Å². The summed E-state index contributed by atoms with van der Waals surface area (Å²) < 4.78 is 5.33. The average Bonchev–Trinajstić information content (AvgIpc) is 2.93. The smallest absolute Gasteiger partial charge is 0.227 e. The number of carbonyl (C=O) groups is 2. The number of likely N-dealkylation sites (tertiary alicyclic amines) is 1. The zero-order chi connectivity index (χ0) is 16.9. The van der Waals surface area contributed by atoms with Crippen LogP contribution in [0.25, 0.3) is 0 Å². The van der Waals surface area contributed by atoms with Gasteiger partial charge in [0.1, 0.15) is 0 Å². The van der Waals surface area contributed by atoms with Crippen LogP contribution in [0.1, 0.15) is 24.8 Å². The zero-order valence-corrected chi connectivity index (χ0v) is 14.4. The van der Waals surface area contributed by atoms with Crippen molar-refractivity contribution in [1.82, 2.24) is 10.2 Å². The van der Waals surface area contributed by atoms with Gasteiger partial charge < -0.3 is 15.0 Å². The monoisotopic (exact) mass is 338 g/mol. The molecular weight excluding hydrogens is 316 g/mol. The largest absolute Gasteiger partial charge is 0.382 e. The Morgan fingerprint density at radius 3 is 2.78 bits per heavy atom. The second-order valence-corrected chi connectivity index (χ2v) is 6.33. The molecule has 1 aliphatic rings. The number of benzene rings is 1. The minimum absolute atomic E-state index is 0.0171. The van der Waals surface area contributed by atoms with Gasteiger partial charge >= 0.3 is 0 Å². The van der Waals surface area contributed by atoms with Crippen molar-refractivity contribution in [3.05, 3.63) is 34.9 Å². The predicted molar refractivity (Wildman–Crippen MR) is 89.4 cm³/mol. The second-order valence-electron chi connectivity index (χ2n) is 5.92. The Bertz CT molecular complexity index is 579. The molecule has 1 aromatic carbocycles. The van der Waals surface area contributed by atoms with Crippen LogP contribution in [0.3, 0.4) is 0 Å². The zero-order valence-electron chi connectivity index (χ0n) is 13.6. The first-order valence-electron chi connectivity index (χ1n) is 7.76. The van der Waals surface area contributed by atoms with Crippen molar-refractivity contribution in [2.24, 2.45) is 0 Å². The summed E-state index contributed by atoms with van der Waals surface area (Å²) in [5, 5.41) is 3.23. The predicted octanol–water partition coefficient (Wildman–Crippen LogP) is 2.03. The molecule has 1 heterocycles. The Labute approximate surface area is 141 Å². The van der Waals surface area contributed by atoms with E-state index in [-0.39, 0.29) is 24.7 Å². The Balaban J connectivity index is 2.19. The lowest BCUT2D eigenvalue weighted by atomic mass is 9.91. The maximum atomic E-state index is 12.8. The molecule has 5 nitrogen and oxygen atoms in total. The van der Waals surface area contributed by atoms with E-state index in [1.165, 1.54) is 0 Å². The summed E-state index contributed by atoms with van der Waals surface area (Å²) in [7, 11) is 3.20. The fourth-order valence-corrected chi connectivity index (χ4v) is 3.47. The van der Waals surface area contributed by atoms with Gasteiger partial charge in [-0.15, -0.1) is 0 Å². The van der Waals surface area contributed by atoms with Crippen LogP contribution in [0.15, 0.2) is 24.3 Å². The van der Waals surface area contributed by atoms with Gasteiger partial charge in [-0.2, -0.15) is 0 Å². The summed E-state index contributed by atoms with van der Waals surface area (Å²) in [5.74, 6) is -0.101. The summed E-state index contributed by atoms with van der Waals surface area (Å²) >= 11 is 6.15. The van der Waals surface area contributed by atoms with Crippen molar-refractivity contribution >= 4 is 23.4 Å². The van der Waals surface area contributed by atoms with E-state index in [2.05, 4.69) is 5.32 Å². The van der Waals surface area contributed by atoms with Crippen molar-refractivity contribution in [2.75, 3.05) is 27.3 Å². The quantitative estimate of drug-likeness (QED) is 0.863. The second kappa shape index (κ2) is 7.79. The van der Waals surface area contributed by atoms with E-state index >= 15 is 0 Å². The van der Waals surface area contributed by atoms with Gasteiger partial charge in [0.2, 0.25) is 11.8 Å². The van der Waals surface area contributed by atoms with Crippen molar-refractivity contribution in [2.45, 2.75) is 31.2 Å². The highest BCUT2D eigenvalue weighted by atomic mass is 35.5. The lowest BCUT2D eigenvalue weighted by Crippen LogP contribution is -2.53. The molecule has 23 heavy (non-hydrogen) atoms. The van der Waals surface area contributed by atoms with E-state index in [4.69, 9.17) is 16.3 Å². The molecular formula is C17H23ClN2O3. The minimum atomic E-state index is -0.562. The number of halogens is 1. The van der Waals surface area contributed by atoms with Crippen LogP contribution in [0.5, 0.6) is 0 Å². The minimum Gasteiger partial charge on any atom is -0.382 e. The highest BCUT2D eigenvalue weighted by Gasteiger charge is 2.44. The van der Waals surface area contributed by atoms with Gasteiger partial charge in [0.05, 0.1) is 25.0 Å². The number of nitrogens with zero attached hydrogens (tertiary/aromatic N) is 1. The molecule has 2 amide bonds. The first-order chi connectivity index (χ1) is 11.0. The van der Waals surface area contributed by atoms with E-state index in [0.29, 0.717) is 18.2 Å². The number of ether oxygens (including phenoxy) is 1. The maximum absolute atomic E-state index is 12.8. The van der Waals surface area contributed by atoms with Gasteiger partial charge in [-0.3, -0.25) is 9.59 Å². The first-order valence-corrected chi connectivity index (χ1v) is 8.13. The van der Waals surface area contributed by atoms with Crippen LogP contribution < -0.4 is 5.32 Å². The molecule has 0 bridgehead atoms. The van der Waals surface area contributed by atoms with Crippen LogP contribution in [-0.4, -0.2) is 49.6 Å². The fraction of sp³-hybridized carbons (Fsp3) is 0.529. The van der Waals surface area contributed by atoms with E-state index < -0.39 is 5.54 Å². The van der Waals surface area contributed by atoms with Crippen LogP contribution in [0, 0.1) is 0 Å². The number of carbonyl (C=O) groups excluding carboxylic acids is 2. The lowest BCUT2D eigenvalue weighted by molar-refractivity contribution is -0.139. The van der Waals surface area contributed by atoms with Crippen LogP contribution in [-0.2, 0) is 20.7 Å². The molecule has 6 heteroatoms. The summed E-state index contributed by atoms with van der Waals surface area (Å²) in [5.41, 5.74) is 0.241. The van der Waals surface area contributed by atoms with Gasteiger partial charge in [0, 0.05) is 25.7 Å². The first kappa shape index (κ1) is 17.8. The van der Waals surface area contributed by atoms with Crippen molar-refractivity contribution < 1.29 is 14.3 Å². The molecule has 1 aliphatic heterocycles. The SMILES string of the molecule is CNC(=O)CC1(COC)CCCN1C(=O)Cc1ccccc1Cl. The molecule has 1 aromatic rings. The van der Waals surface area contributed by atoms with Crippen LogP contribution >= 0.6 is 11.6 Å². The molecule has 0 radical (unpaired) electrons. The Hall–Kier alpha value is -1.59. The lowest BCUT2D eigenvalue weighted by Gasteiger charge is -2.37. The number of hydrogen-bond acceptors (Lipinski definition) is 3. The highest BCUT2D eigenvalue weighted by molar-refractivity contribution is 6.31. The summed E-state index contributed by atoms with van der Waals surface area (Å²) in [6.45, 7) is 0.998. The van der Waals surface area contributed by atoms with Crippen molar-refractivity contribution in [1.29, 1.82) is 0 Å². The molecule has 126 valence electrons. The third-order valence-corrected chi connectivity index (χ3v) is 4.75. The highest BCUT2D eigenvalue weighted by Crippen LogP contribution is 2.34. The van der Waals surface area contributed by atoms with Crippen molar-refractivity contribution in [3.8, 4) is 0 Å². The van der Waals surface area contributed by atoms with Gasteiger partial charge in [-0.1, -0.05) is 29.8 Å². The standard InChI is InChI=1S/C17H23ClN2O3/c1-19-15(21)11-17(12-23-2)8-5-9-20(17)16(22)10-13-6-3-4-7-14(13)18/h3-4,6-7H,5,8-12H2,1-2H3,(H,19,21). The third kappa shape index (κ3) is 4.03. The third-order valence-electron chi connectivity index (χ3n) is 4.38. The molecule has 0 aliphatic carbocycles.